The average Bonchev–Trinajstić information content (AvgIpc) is 1.85. The highest BCUT2D eigenvalue weighted by Crippen LogP contribution is 2.07. The zero-order chi connectivity index (χ0) is 8.15. The molecular formula is C7H13FO2. The Balaban J connectivity index is 3.61. The maximum Gasteiger partial charge on any atom is 0.149 e. The van der Waals surface area contributed by atoms with Crippen LogP contribution in [0.2, 0.25) is 0 Å². The molecule has 0 aromatic rings. The first kappa shape index (κ1) is 9.59. The minimum Gasteiger partial charge on any atom is -0.393 e. The Kier molecular flexibility index (Phi) is 4.23. The standard InChI is InChI=1S/C7H13FO2/c1-5(2)3-7(10)6(8)4-9/h6-7,9-10H,1,3-4H2,2H3. The normalized spacial score (nSPS) is 16.4. The number of hydrogen-bond donors (Lipinski definition) is 2. The molecular weight excluding hydrogens is 135 g/mol. The Morgan fingerprint density at radius 1 is 1.70 bits per heavy atom. The van der Waals surface area contributed by atoms with E-state index in [0.717, 1.165) is 0 Å². The SMILES string of the molecule is C=C(C)CC(O)C(F)CO. The van der Waals surface area contributed by atoms with Crippen LogP contribution >= 0.6 is 0 Å². The van der Waals surface area contributed by atoms with Crippen LogP contribution in [-0.2, 0) is 0 Å². The predicted octanol–water partition coefficient (Wildman–Crippen LogP) is 0.644. The minimum atomic E-state index is -1.54. The highest BCUT2D eigenvalue weighted by molar-refractivity contribution is 4.92. The summed E-state index contributed by atoms with van der Waals surface area (Å²) >= 11 is 0. The fraction of sp³-hybridized carbons (Fsp3) is 0.714. The lowest BCUT2D eigenvalue weighted by Gasteiger charge is -2.12. The molecule has 2 N–H and O–H groups in total. The van der Waals surface area contributed by atoms with E-state index in [0.29, 0.717) is 5.57 Å². The van der Waals surface area contributed by atoms with Gasteiger partial charge in [-0.05, 0) is 13.3 Å². The predicted molar refractivity (Wildman–Crippen MR) is 37.4 cm³/mol. The summed E-state index contributed by atoms with van der Waals surface area (Å²) in [4.78, 5) is 0. The van der Waals surface area contributed by atoms with E-state index >= 15 is 0 Å². The number of rotatable bonds is 4. The number of aliphatic hydroxyl groups is 2. The molecule has 2 unspecified atom stereocenters. The van der Waals surface area contributed by atoms with Crippen molar-refractivity contribution in [3.63, 3.8) is 0 Å². The second kappa shape index (κ2) is 4.41. The Bertz CT molecular complexity index is 114. The highest BCUT2D eigenvalue weighted by Gasteiger charge is 2.16. The van der Waals surface area contributed by atoms with Crippen molar-refractivity contribution in [1.29, 1.82) is 0 Å². The first-order valence-corrected chi connectivity index (χ1v) is 3.15. The van der Waals surface area contributed by atoms with Crippen LogP contribution in [0, 0.1) is 0 Å². The molecule has 0 heterocycles. The fourth-order valence-electron chi connectivity index (χ4n) is 0.607. The molecule has 0 aliphatic rings. The average molecular weight is 148 g/mol. The van der Waals surface area contributed by atoms with Gasteiger partial charge in [0.25, 0.3) is 0 Å². The Morgan fingerprint density at radius 3 is 2.50 bits per heavy atom. The van der Waals surface area contributed by atoms with Gasteiger partial charge in [-0.2, -0.15) is 0 Å². The lowest BCUT2D eigenvalue weighted by atomic mass is 10.1. The van der Waals surface area contributed by atoms with Gasteiger partial charge in [0.05, 0.1) is 12.7 Å². The van der Waals surface area contributed by atoms with Crippen molar-refractivity contribution in [2.75, 3.05) is 6.61 Å². The fourth-order valence-corrected chi connectivity index (χ4v) is 0.607. The summed E-state index contributed by atoms with van der Waals surface area (Å²) in [5.41, 5.74) is 0.712. The van der Waals surface area contributed by atoms with Gasteiger partial charge in [-0.1, -0.05) is 5.57 Å². The summed E-state index contributed by atoms with van der Waals surface area (Å²) in [5.74, 6) is 0. The van der Waals surface area contributed by atoms with Crippen molar-refractivity contribution in [1.82, 2.24) is 0 Å². The molecule has 0 bridgehead atoms. The molecule has 0 rings (SSSR count). The van der Waals surface area contributed by atoms with Crippen molar-refractivity contribution in [2.24, 2.45) is 0 Å². The van der Waals surface area contributed by atoms with Gasteiger partial charge < -0.3 is 10.2 Å². The van der Waals surface area contributed by atoms with Crippen molar-refractivity contribution in [2.45, 2.75) is 25.6 Å². The van der Waals surface area contributed by atoms with E-state index < -0.39 is 18.9 Å². The molecule has 10 heavy (non-hydrogen) atoms. The first-order chi connectivity index (χ1) is 4.57. The van der Waals surface area contributed by atoms with Crippen LogP contribution in [-0.4, -0.2) is 29.1 Å². The Hall–Kier alpha value is -0.410. The van der Waals surface area contributed by atoms with Gasteiger partial charge in [0, 0.05) is 0 Å². The number of hydrogen-bond acceptors (Lipinski definition) is 2. The Labute approximate surface area is 60.0 Å². The van der Waals surface area contributed by atoms with E-state index in [9.17, 15) is 4.39 Å². The van der Waals surface area contributed by atoms with Crippen molar-refractivity contribution >= 4 is 0 Å². The van der Waals surface area contributed by atoms with E-state index in [2.05, 4.69) is 6.58 Å². The van der Waals surface area contributed by atoms with Crippen LogP contribution in [0.5, 0.6) is 0 Å². The monoisotopic (exact) mass is 148 g/mol. The summed E-state index contributed by atoms with van der Waals surface area (Å²) in [6.07, 6.45) is -2.44. The molecule has 0 aromatic carbocycles. The molecule has 0 saturated carbocycles. The molecule has 2 atom stereocenters. The first-order valence-electron chi connectivity index (χ1n) is 3.15. The van der Waals surface area contributed by atoms with Crippen LogP contribution < -0.4 is 0 Å². The lowest BCUT2D eigenvalue weighted by molar-refractivity contribution is 0.0407. The van der Waals surface area contributed by atoms with Crippen LogP contribution in [0.3, 0.4) is 0 Å². The smallest absolute Gasteiger partial charge is 0.149 e. The molecule has 60 valence electrons. The molecule has 2 nitrogen and oxygen atoms in total. The summed E-state index contributed by atoms with van der Waals surface area (Å²) in [6, 6.07) is 0. The van der Waals surface area contributed by atoms with Gasteiger partial charge in [0.1, 0.15) is 6.17 Å². The van der Waals surface area contributed by atoms with Crippen molar-refractivity contribution in [3.8, 4) is 0 Å². The molecule has 0 saturated heterocycles. The quantitative estimate of drug-likeness (QED) is 0.574. The molecule has 0 radical (unpaired) electrons. The van der Waals surface area contributed by atoms with Crippen LogP contribution in [0.25, 0.3) is 0 Å². The summed E-state index contributed by atoms with van der Waals surface area (Å²) in [6.45, 7) is 4.57. The van der Waals surface area contributed by atoms with Crippen LogP contribution in [0.4, 0.5) is 4.39 Å². The molecule has 0 fully saturated rings. The molecule has 0 aliphatic carbocycles. The van der Waals surface area contributed by atoms with Crippen LogP contribution in [0.1, 0.15) is 13.3 Å². The third-order valence-corrected chi connectivity index (χ3v) is 1.15. The Morgan fingerprint density at radius 2 is 2.20 bits per heavy atom. The lowest BCUT2D eigenvalue weighted by Crippen LogP contribution is -2.25. The second-order valence-electron chi connectivity index (χ2n) is 2.43. The van der Waals surface area contributed by atoms with Crippen LogP contribution in [0.15, 0.2) is 12.2 Å². The zero-order valence-electron chi connectivity index (χ0n) is 6.05. The third kappa shape index (κ3) is 3.58. The van der Waals surface area contributed by atoms with E-state index in [-0.39, 0.29) is 6.42 Å². The molecule has 3 heteroatoms. The van der Waals surface area contributed by atoms with Gasteiger partial charge in [-0.15, -0.1) is 6.58 Å². The summed E-state index contributed by atoms with van der Waals surface area (Å²) in [5, 5.41) is 17.1. The molecule has 0 aromatic heterocycles. The van der Waals surface area contributed by atoms with E-state index in [1.807, 2.05) is 0 Å². The van der Waals surface area contributed by atoms with E-state index in [1.165, 1.54) is 0 Å². The zero-order valence-corrected chi connectivity index (χ0v) is 6.05. The highest BCUT2D eigenvalue weighted by atomic mass is 19.1. The minimum absolute atomic E-state index is 0.210. The number of alkyl halides is 1. The summed E-state index contributed by atoms with van der Waals surface area (Å²) in [7, 11) is 0. The van der Waals surface area contributed by atoms with Gasteiger partial charge in [-0.25, -0.2) is 4.39 Å². The number of halogens is 1. The topological polar surface area (TPSA) is 40.5 Å². The molecule has 0 aliphatic heterocycles. The van der Waals surface area contributed by atoms with Gasteiger partial charge >= 0.3 is 0 Å². The molecule has 0 amide bonds. The van der Waals surface area contributed by atoms with E-state index in [4.69, 9.17) is 10.2 Å². The second-order valence-corrected chi connectivity index (χ2v) is 2.43. The molecule has 0 spiro atoms. The van der Waals surface area contributed by atoms with Gasteiger partial charge in [0.2, 0.25) is 0 Å². The van der Waals surface area contributed by atoms with Crippen molar-refractivity contribution < 1.29 is 14.6 Å². The van der Waals surface area contributed by atoms with Gasteiger partial charge in [0.15, 0.2) is 0 Å². The van der Waals surface area contributed by atoms with E-state index in [1.54, 1.807) is 6.92 Å². The largest absolute Gasteiger partial charge is 0.393 e. The maximum atomic E-state index is 12.3. The van der Waals surface area contributed by atoms with Crippen molar-refractivity contribution in [3.05, 3.63) is 12.2 Å². The third-order valence-electron chi connectivity index (χ3n) is 1.15. The number of aliphatic hydroxyl groups excluding tert-OH is 2. The maximum absolute atomic E-state index is 12.3. The van der Waals surface area contributed by atoms with Gasteiger partial charge in [-0.3, -0.25) is 0 Å². The summed E-state index contributed by atoms with van der Waals surface area (Å²) < 4.78 is 12.3.